The van der Waals surface area contributed by atoms with Crippen molar-refractivity contribution in [3.63, 3.8) is 0 Å². The molecule has 0 unspecified atom stereocenters. The van der Waals surface area contributed by atoms with Gasteiger partial charge >= 0.3 is 0 Å². The lowest BCUT2D eigenvalue weighted by atomic mass is 10.3. The maximum absolute atomic E-state index is 13.0. The summed E-state index contributed by atoms with van der Waals surface area (Å²) in [5.41, 5.74) is 0.0398. The molecule has 0 saturated heterocycles. The molecule has 0 aromatic heterocycles. The van der Waals surface area contributed by atoms with Gasteiger partial charge in [-0.3, -0.25) is 9.10 Å². The fourth-order valence-electron chi connectivity index (χ4n) is 2.80. The predicted molar refractivity (Wildman–Crippen MR) is 120 cm³/mol. The van der Waals surface area contributed by atoms with Gasteiger partial charge in [0.05, 0.1) is 29.2 Å². The molecule has 0 bridgehead atoms. The zero-order valence-electron chi connectivity index (χ0n) is 18.1. The summed E-state index contributed by atoms with van der Waals surface area (Å²) in [7, 11) is -3.83. The monoisotopic (exact) mass is 485 g/mol. The first-order chi connectivity index (χ1) is 15.0. The minimum Gasteiger partial charge on any atom is -0.495 e. The lowest BCUT2D eigenvalue weighted by Gasteiger charge is -2.22. The van der Waals surface area contributed by atoms with Crippen molar-refractivity contribution in [2.24, 2.45) is 0 Å². The molecule has 12 heteroatoms. The Kier molecular flexibility index (Phi) is 8.61. The summed E-state index contributed by atoms with van der Waals surface area (Å²) < 4.78 is 59.9. The van der Waals surface area contributed by atoms with Crippen LogP contribution in [0.4, 0.5) is 5.69 Å². The number of methoxy groups -OCH3 is 1. The van der Waals surface area contributed by atoms with E-state index in [1.165, 1.54) is 56.4 Å². The van der Waals surface area contributed by atoms with Crippen LogP contribution in [0.15, 0.2) is 58.3 Å². The van der Waals surface area contributed by atoms with Crippen LogP contribution in [0.2, 0.25) is 0 Å². The first-order valence-corrected chi connectivity index (χ1v) is 12.5. The van der Waals surface area contributed by atoms with E-state index in [2.05, 4.69) is 4.72 Å². The van der Waals surface area contributed by atoms with Crippen LogP contribution in [0, 0.1) is 0 Å². The van der Waals surface area contributed by atoms with Gasteiger partial charge in [0.25, 0.3) is 10.0 Å². The van der Waals surface area contributed by atoms with Crippen LogP contribution < -0.4 is 13.8 Å². The van der Waals surface area contributed by atoms with Crippen molar-refractivity contribution in [1.82, 2.24) is 9.62 Å². The topological polar surface area (TPSA) is 133 Å². The highest BCUT2D eigenvalue weighted by atomic mass is 32.2. The number of hydrogen-bond acceptors (Lipinski definition) is 7. The Morgan fingerprint density at radius 1 is 1.03 bits per heavy atom. The number of hydrogen-bond donors (Lipinski definition) is 2. The maximum Gasteiger partial charge on any atom is 0.264 e. The van der Waals surface area contributed by atoms with Gasteiger partial charge in [0, 0.05) is 33.6 Å². The smallest absolute Gasteiger partial charge is 0.264 e. The average molecular weight is 486 g/mol. The number of nitrogens with zero attached hydrogens (tertiary/aromatic N) is 2. The molecule has 0 fully saturated rings. The van der Waals surface area contributed by atoms with Crippen molar-refractivity contribution in [3.8, 4) is 5.75 Å². The van der Waals surface area contributed by atoms with Crippen LogP contribution in [-0.4, -0.2) is 73.7 Å². The summed E-state index contributed by atoms with van der Waals surface area (Å²) in [6.45, 7) is -0.200. The number of aliphatic hydroxyl groups is 1. The van der Waals surface area contributed by atoms with Gasteiger partial charge in [-0.1, -0.05) is 18.2 Å². The van der Waals surface area contributed by atoms with Gasteiger partial charge in [0.15, 0.2) is 0 Å². The van der Waals surface area contributed by atoms with Crippen molar-refractivity contribution in [2.45, 2.75) is 16.2 Å². The third kappa shape index (κ3) is 5.97. The summed E-state index contributed by atoms with van der Waals surface area (Å²) in [6, 6.07) is 11.6. The van der Waals surface area contributed by atoms with E-state index in [9.17, 15) is 21.6 Å². The van der Waals surface area contributed by atoms with Crippen LogP contribution in [-0.2, 0) is 24.8 Å². The number of nitrogens with one attached hydrogen (secondary N) is 1. The Balaban J connectivity index is 2.28. The molecule has 2 aromatic carbocycles. The van der Waals surface area contributed by atoms with Gasteiger partial charge < -0.3 is 14.7 Å². The first-order valence-electron chi connectivity index (χ1n) is 9.61. The third-order valence-corrected chi connectivity index (χ3v) is 7.94. The van der Waals surface area contributed by atoms with E-state index in [1.54, 1.807) is 18.2 Å². The molecule has 32 heavy (non-hydrogen) atoms. The molecule has 0 aliphatic heterocycles. The SMILES string of the molecule is COc1ccc(S(=O)(=O)NCCC(=O)N(C)CCO)cc1N(C)S(=O)(=O)c1ccccc1. The molecule has 0 spiro atoms. The van der Waals surface area contributed by atoms with Gasteiger partial charge in [0.1, 0.15) is 5.75 Å². The largest absolute Gasteiger partial charge is 0.495 e. The van der Waals surface area contributed by atoms with Crippen LogP contribution in [0.3, 0.4) is 0 Å². The zero-order chi connectivity index (χ0) is 23.9. The molecule has 2 rings (SSSR count). The summed E-state index contributed by atoms with van der Waals surface area (Å²) in [5, 5.41) is 8.87. The molecule has 2 aromatic rings. The number of carbonyl (C=O) groups is 1. The molecule has 0 aliphatic rings. The molecule has 0 aliphatic carbocycles. The fourth-order valence-corrected chi connectivity index (χ4v) is 5.07. The Hall–Kier alpha value is -2.67. The standard InChI is InChI=1S/C20H27N3O7S2/c1-22(13-14-24)20(25)11-12-21-31(26,27)17-9-10-19(30-3)18(15-17)23(2)32(28,29)16-7-5-4-6-8-16/h4-10,15,21,24H,11-14H2,1-3H3. The molecule has 0 saturated carbocycles. The number of benzene rings is 2. The number of sulfonamides is 2. The van der Waals surface area contributed by atoms with E-state index in [1.807, 2.05) is 0 Å². The number of carbonyl (C=O) groups excluding carboxylic acids is 1. The van der Waals surface area contributed by atoms with Crippen molar-refractivity contribution in [3.05, 3.63) is 48.5 Å². The maximum atomic E-state index is 13.0. The van der Waals surface area contributed by atoms with E-state index in [0.29, 0.717) is 0 Å². The van der Waals surface area contributed by atoms with E-state index < -0.39 is 20.0 Å². The second-order valence-electron chi connectivity index (χ2n) is 6.81. The van der Waals surface area contributed by atoms with Crippen LogP contribution in [0.5, 0.6) is 5.75 Å². The van der Waals surface area contributed by atoms with Crippen LogP contribution in [0.25, 0.3) is 0 Å². The molecule has 2 N–H and O–H groups in total. The van der Waals surface area contributed by atoms with Gasteiger partial charge in [-0.2, -0.15) is 0 Å². The number of likely N-dealkylation sites (N-methyl/N-ethyl adjacent to an activating group) is 1. The Labute approximate surface area is 188 Å². The minimum absolute atomic E-state index is 0.0398. The van der Waals surface area contributed by atoms with Gasteiger partial charge in [-0.05, 0) is 30.3 Å². The second kappa shape index (κ2) is 10.8. The predicted octanol–water partition coefficient (Wildman–Crippen LogP) is 0.639. The van der Waals surface area contributed by atoms with E-state index in [-0.39, 0.29) is 53.3 Å². The van der Waals surface area contributed by atoms with E-state index in [4.69, 9.17) is 9.84 Å². The molecule has 0 radical (unpaired) electrons. The van der Waals surface area contributed by atoms with E-state index >= 15 is 0 Å². The molecular formula is C20H27N3O7S2. The number of rotatable bonds is 11. The summed E-state index contributed by atoms with van der Waals surface area (Å²) >= 11 is 0. The highest BCUT2D eigenvalue weighted by molar-refractivity contribution is 7.92. The van der Waals surface area contributed by atoms with Gasteiger partial charge in [0.2, 0.25) is 15.9 Å². The quantitative estimate of drug-likeness (QED) is 0.477. The fraction of sp³-hybridized carbons (Fsp3) is 0.350. The minimum atomic E-state index is -4.03. The highest BCUT2D eigenvalue weighted by Crippen LogP contribution is 2.33. The molecule has 176 valence electrons. The van der Waals surface area contributed by atoms with Crippen molar-refractivity contribution < 1.29 is 31.5 Å². The number of aliphatic hydroxyl groups excluding tert-OH is 1. The molecule has 10 nitrogen and oxygen atoms in total. The summed E-state index contributed by atoms with van der Waals surface area (Å²) in [5.74, 6) is -0.155. The van der Waals surface area contributed by atoms with Crippen molar-refractivity contribution >= 4 is 31.6 Å². The molecular weight excluding hydrogens is 458 g/mol. The van der Waals surface area contributed by atoms with E-state index in [0.717, 1.165) is 4.31 Å². The number of ether oxygens (including phenoxy) is 1. The summed E-state index contributed by atoms with van der Waals surface area (Å²) in [6.07, 6.45) is -0.0962. The Bertz CT molecular complexity index is 1140. The van der Waals surface area contributed by atoms with Crippen LogP contribution in [0.1, 0.15) is 6.42 Å². The number of anilines is 1. The zero-order valence-corrected chi connectivity index (χ0v) is 19.7. The Morgan fingerprint density at radius 3 is 2.28 bits per heavy atom. The molecule has 0 heterocycles. The van der Waals surface area contributed by atoms with Crippen molar-refractivity contribution in [1.29, 1.82) is 0 Å². The highest BCUT2D eigenvalue weighted by Gasteiger charge is 2.26. The third-order valence-electron chi connectivity index (χ3n) is 4.69. The van der Waals surface area contributed by atoms with Crippen molar-refractivity contribution in [2.75, 3.05) is 45.2 Å². The average Bonchev–Trinajstić information content (AvgIpc) is 2.78. The second-order valence-corrected chi connectivity index (χ2v) is 10.5. The van der Waals surface area contributed by atoms with Gasteiger partial charge in [-0.15, -0.1) is 0 Å². The van der Waals surface area contributed by atoms with Crippen LogP contribution >= 0.6 is 0 Å². The normalized spacial score (nSPS) is 11.8. The number of amides is 1. The first kappa shape index (κ1) is 25.6. The lowest BCUT2D eigenvalue weighted by molar-refractivity contribution is -0.130. The summed E-state index contributed by atoms with van der Waals surface area (Å²) in [4.78, 5) is 13.1. The Morgan fingerprint density at radius 2 is 1.69 bits per heavy atom. The van der Waals surface area contributed by atoms with Gasteiger partial charge in [-0.25, -0.2) is 21.6 Å². The molecule has 0 atom stereocenters. The lowest BCUT2D eigenvalue weighted by Crippen LogP contribution is -2.33. The molecule has 1 amide bonds.